The highest BCUT2D eigenvalue weighted by Crippen LogP contribution is 2.41. The van der Waals surface area contributed by atoms with Crippen molar-refractivity contribution in [2.24, 2.45) is 0 Å². The zero-order valence-corrected chi connectivity index (χ0v) is 22.7. The topological polar surface area (TPSA) is 69.9 Å². The molecule has 4 nitrogen and oxygen atoms in total. The van der Waals surface area contributed by atoms with Crippen molar-refractivity contribution in [3.63, 3.8) is 0 Å². The monoisotopic (exact) mass is 602 g/mol. The predicted octanol–water partition coefficient (Wildman–Crippen LogP) is 9.70. The SMILES string of the molecule is Oc1c(Cl)cc(Cc2ccc(Oc3cc(Cc4cc(Cl)c(O)c(Cl)c4)cc(Cl)c3O)c(Cl)c2)cc1Cl. The van der Waals surface area contributed by atoms with Gasteiger partial charge in [-0.15, -0.1) is 0 Å². The molecule has 0 heterocycles. The molecule has 10 heteroatoms. The Hall–Kier alpha value is -2.18. The number of aromatic hydroxyl groups is 3. The van der Waals surface area contributed by atoms with E-state index in [4.69, 9.17) is 74.3 Å². The third-order valence-corrected chi connectivity index (χ3v) is 7.01. The van der Waals surface area contributed by atoms with Gasteiger partial charge in [0.15, 0.2) is 23.0 Å². The smallest absolute Gasteiger partial charge is 0.177 e. The maximum atomic E-state index is 10.5. The van der Waals surface area contributed by atoms with Crippen molar-refractivity contribution < 1.29 is 20.1 Å². The van der Waals surface area contributed by atoms with Crippen LogP contribution in [0.4, 0.5) is 0 Å². The van der Waals surface area contributed by atoms with E-state index in [1.54, 1.807) is 54.6 Å². The molecule has 0 fully saturated rings. The third-order valence-electron chi connectivity index (χ3n) is 5.27. The van der Waals surface area contributed by atoms with E-state index < -0.39 is 0 Å². The highest BCUT2D eigenvalue weighted by molar-refractivity contribution is 6.37. The van der Waals surface area contributed by atoms with Gasteiger partial charge in [0.1, 0.15) is 5.75 Å². The number of hydrogen-bond acceptors (Lipinski definition) is 4. The summed E-state index contributed by atoms with van der Waals surface area (Å²) < 4.78 is 5.89. The van der Waals surface area contributed by atoms with Crippen LogP contribution in [0.25, 0.3) is 0 Å². The number of hydrogen-bond donors (Lipinski definition) is 3. The van der Waals surface area contributed by atoms with Crippen LogP contribution in [0.1, 0.15) is 22.3 Å². The van der Waals surface area contributed by atoms with Gasteiger partial charge in [-0.25, -0.2) is 0 Å². The molecule has 0 radical (unpaired) electrons. The van der Waals surface area contributed by atoms with Crippen LogP contribution in [-0.2, 0) is 12.8 Å². The second-order valence-electron chi connectivity index (χ2n) is 7.96. The summed E-state index contributed by atoms with van der Waals surface area (Å²) >= 11 is 36.7. The minimum absolute atomic E-state index is 0.0901. The molecular weight excluding hydrogens is 589 g/mol. The molecule has 4 aromatic carbocycles. The second-order valence-corrected chi connectivity index (χ2v) is 10.4. The van der Waals surface area contributed by atoms with E-state index in [9.17, 15) is 15.3 Å². The lowest BCUT2D eigenvalue weighted by molar-refractivity contribution is 0.411. The first-order chi connectivity index (χ1) is 17.0. The molecule has 0 aliphatic heterocycles. The van der Waals surface area contributed by atoms with Crippen molar-refractivity contribution in [3.05, 3.63) is 107 Å². The highest BCUT2D eigenvalue weighted by Gasteiger charge is 2.15. The van der Waals surface area contributed by atoms with E-state index >= 15 is 0 Å². The highest BCUT2D eigenvalue weighted by atomic mass is 35.5. The van der Waals surface area contributed by atoms with Gasteiger partial charge in [0.05, 0.1) is 30.1 Å². The number of ether oxygens (including phenoxy) is 1. The van der Waals surface area contributed by atoms with Crippen LogP contribution >= 0.6 is 69.6 Å². The van der Waals surface area contributed by atoms with Crippen LogP contribution in [0.15, 0.2) is 54.6 Å². The zero-order valence-electron chi connectivity index (χ0n) is 18.1. The summed E-state index contributed by atoms with van der Waals surface area (Å²) in [6.07, 6.45) is 0.824. The van der Waals surface area contributed by atoms with E-state index in [0.29, 0.717) is 29.2 Å². The van der Waals surface area contributed by atoms with Gasteiger partial charge in [0.25, 0.3) is 0 Å². The maximum Gasteiger partial charge on any atom is 0.177 e. The maximum absolute atomic E-state index is 10.5. The zero-order chi connectivity index (χ0) is 26.1. The Bertz CT molecular complexity index is 1430. The van der Waals surface area contributed by atoms with Crippen molar-refractivity contribution in [3.8, 4) is 28.7 Å². The summed E-state index contributed by atoms with van der Waals surface area (Å²) in [5.74, 6) is -0.178. The average molecular weight is 605 g/mol. The van der Waals surface area contributed by atoms with Crippen LogP contribution in [0, 0.1) is 0 Å². The first-order valence-electron chi connectivity index (χ1n) is 10.3. The average Bonchev–Trinajstić information content (AvgIpc) is 2.80. The molecule has 36 heavy (non-hydrogen) atoms. The van der Waals surface area contributed by atoms with Crippen molar-refractivity contribution in [2.45, 2.75) is 12.8 Å². The molecule has 0 saturated carbocycles. The Balaban J connectivity index is 1.57. The fraction of sp³-hybridized carbons (Fsp3) is 0.0769. The van der Waals surface area contributed by atoms with E-state index in [1.165, 1.54) is 0 Å². The number of phenols is 3. The molecule has 0 aliphatic carbocycles. The number of halogens is 6. The quantitative estimate of drug-likeness (QED) is 0.205. The fourth-order valence-electron chi connectivity index (χ4n) is 3.57. The molecule has 0 spiro atoms. The Morgan fingerprint density at radius 1 is 0.444 bits per heavy atom. The van der Waals surface area contributed by atoms with Gasteiger partial charge in [0.2, 0.25) is 0 Å². The molecule has 0 aromatic heterocycles. The number of phenolic OH excluding ortho intramolecular Hbond substituents is 3. The normalized spacial score (nSPS) is 11.1. The minimum atomic E-state index is -0.240. The molecule has 0 atom stereocenters. The summed E-state index contributed by atoms with van der Waals surface area (Å²) in [7, 11) is 0. The molecule has 0 unspecified atom stereocenters. The standard InChI is InChI=1S/C26H16Cl6O4/c27-16-5-12(3-13-6-17(28)24(33)18(29)7-13)1-2-22(16)36-23-11-15(10-21(32)26(23)35)4-14-8-19(30)25(34)20(31)9-14/h1-2,5-11,33-35H,3-4H2. The Kier molecular flexibility index (Phi) is 8.25. The Labute approximate surface area is 237 Å². The van der Waals surface area contributed by atoms with Crippen molar-refractivity contribution in [1.29, 1.82) is 0 Å². The molecule has 186 valence electrons. The molecule has 3 N–H and O–H groups in total. The van der Waals surface area contributed by atoms with Gasteiger partial charge in [0, 0.05) is 0 Å². The summed E-state index contributed by atoms with van der Waals surface area (Å²) in [4.78, 5) is 0. The second kappa shape index (κ2) is 11.1. The van der Waals surface area contributed by atoms with Crippen molar-refractivity contribution >= 4 is 69.6 Å². The van der Waals surface area contributed by atoms with Gasteiger partial charge in [-0.1, -0.05) is 75.7 Å². The van der Waals surface area contributed by atoms with E-state index in [1.807, 2.05) is 0 Å². The van der Waals surface area contributed by atoms with E-state index in [2.05, 4.69) is 0 Å². The molecule has 4 aromatic rings. The number of benzene rings is 4. The first kappa shape index (κ1) is 26.9. The van der Waals surface area contributed by atoms with Crippen LogP contribution in [0.3, 0.4) is 0 Å². The van der Waals surface area contributed by atoms with Crippen LogP contribution in [0.2, 0.25) is 30.1 Å². The lowest BCUT2D eigenvalue weighted by atomic mass is 10.0. The van der Waals surface area contributed by atoms with Gasteiger partial charge >= 0.3 is 0 Å². The third kappa shape index (κ3) is 6.03. The van der Waals surface area contributed by atoms with Gasteiger partial charge in [-0.05, 0) is 83.6 Å². The number of rotatable bonds is 6. The Morgan fingerprint density at radius 3 is 1.31 bits per heavy atom. The van der Waals surface area contributed by atoms with Crippen LogP contribution in [-0.4, -0.2) is 15.3 Å². The molecule has 0 bridgehead atoms. The lowest BCUT2D eigenvalue weighted by Crippen LogP contribution is -1.94. The first-order valence-corrected chi connectivity index (χ1v) is 12.6. The van der Waals surface area contributed by atoms with Gasteiger partial charge < -0.3 is 20.1 Å². The van der Waals surface area contributed by atoms with Crippen LogP contribution in [0.5, 0.6) is 28.7 Å². The van der Waals surface area contributed by atoms with Crippen molar-refractivity contribution in [1.82, 2.24) is 0 Å². The van der Waals surface area contributed by atoms with Crippen molar-refractivity contribution in [2.75, 3.05) is 0 Å². The fourth-order valence-corrected chi connectivity index (χ4v) is 5.11. The summed E-state index contributed by atoms with van der Waals surface area (Å²) in [6.45, 7) is 0. The molecule has 0 saturated heterocycles. The minimum Gasteiger partial charge on any atom is -0.505 e. The molecule has 4 rings (SSSR count). The van der Waals surface area contributed by atoms with E-state index in [-0.39, 0.29) is 48.1 Å². The molecule has 0 amide bonds. The van der Waals surface area contributed by atoms with Gasteiger partial charge in [-0.3, -0.25) is 0 Å². The summed E-state index contributed by atoms with van der Waals surface area (Å²) in [5.41, 5.74) is 3.08. The molecule has 0 aliphatic rings. The van der Waals surface area contributed by atoms with Gasteiger partial charge in [-0.2, -0.15) is 0 Å². The summed E-state index contributed by atoms with van der Waals surface area (Å²) in [6, 6.07) is 14.8. The largest absolute Gasteiger partial charge is 0.505 e. The Morgan fingerprint density at radius 2 is 0.833 bits per heavy atom. The lowest BCUT2D eigenvalue weighted by Gasteiger charge is -2.14. The predicted molar refractivity (Wildman–Crippen MR) is 147 cm³/mol. The van der Waals surface area contributed by atoms with E-state index in [0.717, 1.165) is 16.7 Å². The van der Waals surface area contributed by atoms with Crippen LogP contribution < -0.4 is 4.74 Å². The summed E-state index contributed by atoms with van der Waals surface area (Å²) in [5, 5.41) is 31.0. The molecular formula is C26H16Cl6O4.